The number of rotatable bonds is 3. The molecule has 2 heterocycles. The third kappa shape index (κ3) is 2.73. The standard InChI is InChI=1S/C22H24N2O3S/c1-21-9-8-14(11-17(21)20(26)23-12-15-5-4-10-28-15)22(13-21)24-19(25)16-6-2-3-7-18(16)27-22/h2-7,10,14,17H,8-9,11-13H2,1H3,(H,23,26)(H,24,25)/t14-,17+,21-,22+/m0/s1. The number of carbonyl (C=O) groups excluding carboxylic acids is 2. The van der Waals surface area contributed by atoms with Crippen LogP contribution in [0.25, 0.3) is 0 Å². The molecule has 3 aliphatic carbocycles. The normalized spacial score (nSPS) is 33.1. The first-order chi connectivity index (χ1) is 13.5. The molecule has 0 unspecified atom stereocenters. The molecule has 0 radical (unpaired) electrons. The van der Waals surface area contributed by atoms with E-state index in [0.717, 1.165) is 24.1 Å². The summed E-state index contributed by atoms with van der Waals surface area (Å²) < 4.78 is 6.41. The molecule has 2 aromatic rings. The van der Waals surface area contributed by atoms with Gasteiger partial charge in [-0.1, -0.05) is 25.1 Å². The largest absolute Gasteiger partial charge is 0.467 e. The molecule has 4 atom stereocenters. The number of nitrogens with one attached hydrogen (secondary N) is 2. The maximum atomic E-state index is 13.0. The van der Waals surface area contributed by atoms with Crippen LogP contribution in [0.4, 0.5) is 0 Å². The van der Waals surface area contributed by atoms with Gasteiger partial charge in [0.1, 0.15) is 5.75 Å². The molecule has 4 aliphatic rings. The zero-order valence-electron chi connectivity index (χ0n) is 15.9. The van der Waals surface area contributed by atoms with Gasteiger partial charge in [0.2, 0.25) is 5.91 Å². The molecule has 146 valence electrons. The summed E-state index contributed by atoms with van der Waals surface area (Å²) in [6, 6.07) is 11.4. The molecule has 6 rings (SSSR count). The van der Waals surface area contributed by atoms with Gasteiger partial charge in [-0.05, 0) is 48.3 Å². The third-order valence-electron chi connectivity index (χ3n) is 6.83. The second kappa shape index (κ2) is 6.34. The summed E-state index contributed by atoms with van der Waals surface area (Å²) in [5, 5.41) is 8.32. The fourth-order valence-electron chi connectivity index (χ4n) is 5.37. The lowest BCUT2D eigenvalue weighted by Gasteiger charge is -2.59. The van der Waals surface area contributed by atoms with Gasteiger partial charge in [0.05, 0.1) is 12.1 Å². The Morgan fingerprint density at radius 2 is 2.18 bits per heavy atom. The van der Waals surface area contributed by atoms with Gasteiger partial charge in [-0.15, -0.1) is 11.3 Å². The summed E-state index contributed by atoms with van der Waals surface area (Å²) in [6.07, 6.45) is 3.36. The SMILES string of the molecule is C[C@@]12CC[C@@H](C[C@@H]1C(=O)NCc1cccs1)[C@]1(C2)NC(=O)c2ccccc2O1. The quantitative estimate of drug-likeness (QED) is 0.831. The van der Waals surface area contributed by atoms with Gasteiger partial charge in [0, 0.05) is 23.1 Å². The monoisotopic (exact) mass is 396 g/mol. The van der Waals surface area contributed by atoms with Crippen molar-refractivity contribution in [3.05, 3.63) is 52.2 Å². The zero-order valence-corrected chi connectivity index (χ0v) is 16.7. The first-order valence-corrected chi connectivity index (χ1v) is 10.8. The Balaban J connectivity index is 1.37. The van der Waals surface area contributed by atoms with Gasteiger partial charge in [0.15, 0.2) is 5.72 Å². The van der Waals surface area contributed by atoms with Crippen molar-refractivity contribution in [1.82, 2.24) is 10.6 Å². The van der Waals surface area contributed by atoms with E-state index in [-0.39, 0.29) is 29.1 Å². The average Bonchev–Trinajstić information content (AvgIpc) is 3.19. The number of para-hydroxylation sites is 1. The van der Waals surface area contributed by atoms with Crippen LogP contribution in [0.3, 0.4) is 0 Å². The van der Waals surface area contributed by atoms with Gasteiger partial charge in [-0.3, -0.25) is 9.59 Å². The molecule has 1 aromatic heterocycles. The number of amides is 2. The van der Waals surface area contributed by atoms with Crippen molar-refractivity contribution >= 4 is 23.2 Å². The van der Waals surface area contributed by atoms with Crippen molar-refractivity contribution in [3.63, 3.8) is 0 Å². The number of ether oxygens (including phenoxy) is 1. The van der Waals surface area contributed by atoms with Gasteiger partial charge >= 0.3 is 0 Å². The van der Waals surface area contributed by atoms with Crippen LogP contribution in [0.2, 0.25) is 0 Å². The molecule has 1 spiro atoms. The summed E-state index contributed by atoms with van der Waals surface area (Å²) >= 11 is 1.66. The fourth-order valence-corrected chi connectivity index (χ4v) is 6.01. The number of benzene rings is 1. The van der Waals surface area contributed by atoms with E-state index in [2.05, 4.69) is 17.6 Å². The van der Waals surface area contributed by atoms with Gasteiger partial charge in [-0.25, -0.2) is 0 Å². The van der Waals surface area contributed by atoms with Crippen LogP contribution in [0.15, 0.2) is 41.8 Å². The Hall–Kier alpha value is -2.34. The maximum absolute atomic E-state index is 13.0. The van der Waals surface area contributed by atoms with Gasteiger partial charge in [0.25, 0.3) is 5.91 Å². The molecule has 6 heteroatoms. The highest BCUT2D eigenvalue weighted by molar-refractivity contribution is 7.09. The van der Waals surface area contributed by atoms with Gasteiger partial charge < -0.3 is 15.4 Å². The molecule has 2 bridgehead atoms. The molecule has 3 saturated carbocycles. The minimum atomic E-state index is -0.691. The Kier molecular flexibility index (Phi) is 4.02. The van der Waals surface area contributed by atoms with Crippen LogP contribution >= 0.6 is 11.3 Å². The number of hydrogen-bond donors (Lipinski definition) is 2. The van der Waals surface area contributed by atoms with Crippen molar-refractivity contribution in [1.29, 1.82) is 0 Å². The Morgan fingerprint density at radius 1 is 1.32 bits per heavy atom. The summed E-state index contributed by atoms with van der Waals surface area (Å²) in [5.74, 6) is 0.800. The molecular formula is C22H24N2O3S. The lowest BCUT2D eigenvalue weighted by molar-refractivity contribution is -0.167. The summed E-state index contributed by atoms with van der Waals surface area (Å²) in [7, 11) is 0. The molecular weight excluding hydrogens is 372 g/mol. The van der Waals surface area contributed by atoms with Crippen molar-refractivity contribution in [2.24, 2.45) is 17.3 Å². The topological polar surface area (TPSA) is 67.4 Å². The van der Waals surface area contributed by atoms with E-state index in [9.17, 15) is 9.59 Å². The number of fused-ring (bicyclic) bond motifs is 3. The molecule has 3 fully saturated rings. The summed E-state index contributed by atoms with van der Waals surface area (Å²) in [5.41, 5.74) is -0.290. The molecule has 1 aliphatic heterocycles. The third-order valence-corrected chi connectivity index (χ3v) is 7.71. The Labute approximate surface area is 168 Å². The smallest absolute Gasteiger partial charge is 0.258 e. The second-order valence-corrected chi connectivity index (χ2v) is 9.63. The van der Waals surface area contributed by atoms with E-state index in [4.69, 9.17) is 4.74 Å². The van der Waals surface area contributed by atoms with E-state index in [1.165, 1.54) is 0 Å². The second-order valence-electron chi connectivity index (χ2n) is 8.59. The van der Waals surface area contributed by atoms with Crippen LogP contribution < -0.4 is 15.4 Å². The molecule has 5 nitrogen and oxygen atoms in total. The summed E-state index contributed by atoms with van der Waals surface area (Å²) in [4.78, 5) is 26.9. The van der Waals surface area contributed by atoms with Crippen molar-refractivity contribution in [3.8, 4) is 5.75 Å². The summed E-state index contributed by atoms with van der Waals surface area (Å²) in [6.45, 7) is 2.76. The fraction of sp³-hybridized carbons (Fsp3) is 0.455. The van der Waals surface area contributed by atoms with Crippen LogP contribution in [-0.2, 0) is 11.3 Å². The van der Waals surface area contributed by atoms with Crippen molar-refractivity contribution in [2.45, 2.75) is 44.9 Å². The van der Waals surface area contributed by atoms with Crippen LogP contribution in [0, 0.1) is 17.3 Å². The molecule has 2 amide bonds. The lowest BCUT2D eigenvalue weighted by Crippen LogP contribution is -2.69. The van der Waals surface area contributed by atoms with Crippen LogP contribution in [-0.4, -0.2) is 17.5 Å². The first kappa shape index (κ1) is 17.7. The number of carbonyl (C=O) groups is 2. The van der Waals surface area contributed by atoms with E-state index in [1.807, 2.05) is 35.7 Å². The first-order valence-electron chi connectivity index (χ1n) is 9.90. The maximum Gasteiger partial charge on any atom is 0.258 e. The van der Waals surface area contributed by atoms with Crippen LogP contribution in [0.1, 0.15) is 47.8 Å². The highest BCUT2D eigenvalue weighted by Crippen LogP contribution is 2.58. The van der Waals surface area contributed by atoms with Gasteiger partial charge in [-0.2, -0.15) is 0 Å². The predicted molar refractivity (Wildman–Crippen MR) is 107 cm³/mol. The highest BCUT2D eigenvalue weighted by Gasteiger charge is 2.61. The average molecular weight is 397 g/mol. The molecule has 2 N–H and O–H groups in total. The van der Waals surface area contributed by atoms with E-state index in [1.54, 1.807) is 17.4 Å². The minimum Gasteiger partial charge on any atom is -0.467 e. The lowest BCUT2D eigenvalue weighted by atomic mass is 9.52. The molecule has 28 heavy (non-hydrogen) atoms. The van der Waals surface area contributed by atoms with E-state index in [0.29, 0.717) is 24.3 Å². The Bertz CT molecular complexity index is 928. The number of thiophene rings is 1. The molecule has 1 aromatic carbocycles. The zero-order chi connectivity index (χ0) is 19.4. The van der Waals surface area contributed by atoms with Crippen LogP contribution in [0.5, 0.6) is 5.75 Å². The number of hydrogen-bond acceptors (Lipinski definition) is 4. The van der Waals surface area contributed by atoms with E-state index >= 15 is 0 Å². The highest BCUT2D eigenvalue weighted by atomic mass is 32.1. The minimum absolute atomic E-state index is 0.0468. The molecule has 0 saturated heterocycles. The van der Waals surface area contributed by atoms with Crippen molar-refractivity contribution in [2.75, 3.05) is 0 Å². The van der Waals surface area contributed by atoms with E-state index < -0.39 is 5.72 Å². The Morgan fingerprint density at radius 3 is 2.96 bits per heavy atom. The predicted octanol–water partition coefficient (Wildman–Crippen LogP) is 3.71. The van der Waals surface area contributed by atoms with Crippen molar-refractivity contribution < 1.29 is 14.3 Å².